The fraction of sp³-hybridized carbons (Fsp3) is 0.500. The Bertz CT molecular complexity index is 1150. The van der Waals surface area contributed by atoms with Gasteiger partial charge in [-0.25, -0.2) is 9.59 Å². The zero-order valence-electron chi connectivity index (χ0n) is 21.1. The van der Waals surface area contributed by atoms with Crippen molar-refractivity contribution in [2.24, 2.45) is 0 Å². The van der Waals surface area contributed by atoms with E-state index in [4.69, 9.17) is 14.2 Å². The molecule has 0 saturated carbocycles. The highest BCUT2D eigenvalue weighted by Gasteiger charge is 2.55. The topological polar surface area (TPSA) is 150 Å². The van der Waals surface area contributed by atoms with Gasteiger partial charge in [0.2, 0.25) is 6.04 Å². The summed E-state index contributed by atoms with van der Waals surface area (Å²) in [7, 11) is 0. The molecular formula is C24H29N3O9S. The molecule has 1 saturated heterocycles. The zero-order valence-corrected chi connectivity index (χ0v) is 22.0. The molecule has 1 aromatic rings. The van der Waals surface area contributed by atoms with E-state index in [1.54, 1.807) is 27.7 Å². The molecular weight excluding hydrogens is 506 g/mol. The number of amides is 2. The SMILES string of the molecule is CCOC(=O)C(C(=O)NC1C(=O)N2C(C(=O)OC(C)(C)C)=C(COC(C)=O)CSC12)n1cccc1C=O. The van der Waals surface area contributed by atoms with Gasteiger partial charge in [0, 0.05) is 24.4 Å². The highest BCUT2D eigenvalue weighted by Crippen LogP contribution is 2.41. The summed E-state index contributed by atoms with van der Waals surface area (Å²) in [6.07, 6.45) is 1.88. The van der Waals surface area contributed by atoms with Crippen molar-refractivity contribution in [3.8, 4) is 0 Å². The molecule has 1 aromatic heterocycles. The number of thioether (sulfide) groups is 1. The van der Waals surface area contributed by atoms with Crippen molar-refractivity contribution in [2.75, 3.05) is 19.0 Å². The van der Waals surface area contributed by atoms with Crippen molar-refractivity contribution in [2.45, 2.75) is 57.7 Å². The van der Waals surface area contributed by atoms with Crippen LogP contribution < -0.4 is 5.32 Å². The molecule has 0 spiro atoms. The smallest absolute Gasteiger partial charge is 0.355 e. The average molecular weight is 536 g/mol. The first-order valence-electron chi connectivity index (χ1n) is 11.5. The molecule has 13 heteroatoms. The molecule has 1 fully saturated rings. The van der Waals surface area contributed by atoms with Crippen LogP contribution in [0.15, 0.2) is 29.6 Å². The van der Waals surface area contributed by atoms with E-state index < -0.39 is 52.8 Å². The molecule has 3 rings (SSSR count). The molecule has 3 atom stereocenters. The molecule has 0 bridgehead atoms. The predicted molar refractivity (Wildman–Crippen MR) is 130 cm³/mol. The van der Waals surface area contributed by atoms with Crippen molar-refractivity contribution < 1.29 is 43.0 Å². The second kappa shape index (κ2) is 11.2. The molecule has 37 heavy (non-hydrogen) atoms. The van der Waals surface area contributed by atoms with Gasteiger partial charge in [-0.1, -0.05) is 0 Å². The summed E-state index contributed by atoms with van der Waals surface area (Å²) < 4.78 is 16.7. The Kier molecular flexibility index (Phi) is 8.46. The summed E-state index contributed by atoms with van der Waals surface area (Å²) >= 11 is 1.26. The Morgan fingerprint density at radius 2 is 1.95 bits per heavy atom. The predicted octanol–water partition coefficient (Wildman–Crippen LogP) is 0.964. The lowest BCUT2D eigenvalue weighted by Gasteiger charge is -2.50. The van der Waals surface area contributed by atoms with Gasteiger partial charge in [0.25, 0.3) is 11.8 Å². The van der Waals surface area contributed by atoms with Crippen molar-refractivity contribution in [3.05, 3.63) is 35.3 Å². The Morgan fingerprint density at radius 1 is 1.24 bits per heavy atom. The number of carbonyl (C=O) groups is 6. The third-order valence-electron chi connectivity index (χ3n) is 5.36. The minimum absolute atomic E-state index is 0.00404. The number of fused-ring (bicyclic) bond motifs is 1. The van der Waals surface area contributed by atoms with Gasteiger partial charge in [0.15, 0.2) is 6.29 Å². The molecule has 2 amide bonds. The standard InChI is InChI=1S/C24H29N3O9S/c1-6-34-22(32)18(26-9-7-8-15(26)10-28)19(30)25-16-20(31)27-17(23(33)36-24(3,4)5)14(11-35-13(2)29)12-37-21(16)27/h7-10,16,18,21H,6,11-12H2,1-5H3,(H,25,30). The van der Waals surface area contributed by atoms with Gasteiger partial charge < -0.3 is 24.1 Å². The number of rotatable bonds is 9. The van der Waals surface area contributed by atoms with Crippen LogP contribution in [0.3, 0.4) is 0 Å². The highest BCUT2D eigenvalue weighted by molar-refractivity contribution is 8.00. The maximum Gasteiger partial charge on any atom is 0.355 e. The van der Waals surface area contributed by atoms with Crippen molar-refractivity contribution >= 4 is 47.8 Å². The van der Waals surface area contributed by atoms with Crippen LogP contribution in [0.25, 0.3) is 0 Å². The van der Waals surface area contributed by atoms with Crippen LogP contribution in [0, 0.1) is 0 Å². The number of carbonyl (C=O) groups excluding carboxylic acids is 6. The van der Waals surface area contributed by atoms with Crippen LogP contribution in [0.5, 0.6) is 0 Å². The molecule has 3 heterocycles. The van der Waals surface area contributed by atoms with E-state index in [0.717, 1.165) is 0 Å². The molecule has 200 valence electrons. The summed E-state index contributed by atoms with van der Waals surface area (Å²) in [5, 5.41) is 1.90. The largest absolute Gasteiger partial charge is 0.464 e. The third kappa shape index (κ3) is 6.04. The van der Waals surface area contributed by atoms with Crippen molar-refractivity contribution in [1.29, 1.82) is 0 Å². The molecule has 3 unspecified atom stereocenters. The van der Waals surface area contributed by atoms with Gasteiger partial charge in [-0.05, 0) is 39.8 Å². The summed E-state index contributed by atoms with van der Waals surface area (Å²) in [5.41, 5.74) is -0.410. The number of nitrogens with zero attached hydrogens (tertiary/aromatic N) is 2. The van der Waals surface area contributed by atoms with E-state index in [0.29, 0.717) is 11.9 Å². The molecule has 0 radical (unpaired) electrons. The van der Waals surface area contributed by atoms with E-state index >= 15 is 0 Å². The van der Waals surface area contributed by atoms with Crippen LogP contribution in [0.2, 0.25) is 0 Å². The van der Waals surface area contributed by atoms with E-state index in [1.807, 2.05) is 0 Å². The third-order valence-corrected chi connectivity index (χ3v) is 6.70. The quantitative estimate of drug-likeness (QED) is 0.159. The molecule has 12 nitrogen and oxygen atoms in total. The normalized spacial score (nSPS) is 19.8. The van der Waals surface area contributed by atoms with Gasteiger partial charge in [-0.15, -0.1) is 11.8 Å². The Labute approximate surface area is 217 Å². The summed E-state index contributed by atoms with van der Waals surface area (Å²) in [5.74, 6) is -3.41. The number of aromatic nitrogens is 1. The molecule has 2 aliphatic rings. The van der Waals surface area contributed by atoms with Crippen LogP contribution in [-0.2, 0) is 38.2 Å². The Balaban J connectivity index is 1.86. The van der Waals surface area contributed by atoms with Crippen molar-refractivity contribution in [1.82, 2.24) is 14.8 Å². The monoisotopic (exact) mass is 535 g/mol. The van der Waals surface area contributed by atoms with Gasteiger partial charge in [-0.3, -0.25) is 24.1 Å². The van der Waals surface area contributed by atoms with Crippen LogP contribution in [0.1, 0.15) is 51.1 Å². The Morgan fingerprint density at radius 3 is 2.54 bits per heavy atom. The lowest BCUT2D eigenvalue weighted by atomic mass is 10.0. The number of esters is 3. The van der Waals surface area contributed by atoms with E-state index in [9.17, 15) is 28.8 Å². The summed E-state index contributed by atoms with van der Waals surface area (Å²) in [4.78, 5) is 76.0. The minimum atomic E-state index is -1.54. The number of hydrogen-bond acceptors (Lipinski definition) is 10. The first kappa shape index (κ1) is 28.0. The number of ether oxygens (including phenoxy) is 3. The van der Waals surface area contributed by atoms with Crippen LogP contribution in [0.4, 0.5) is 0 Å². The van der Waals surface area contributed by atoms with Crippen LogP contribution in [-0.4, -0.2) is 81.5 Å². The maximum absolute atomic E-state index is 13.2. The van der Waals surface area contributed by atoms with Gasteiger partial charge in [-0.2, -0.15) is 0 Å². The maximum atomic E-state index is 13.2. The fourth-order valence-corrected chi connectivity index (χ4v) is 5.17. The first-order valence-corrected chi connectivity index (χ1v) is 12.6. The van der Waals surface area contributed by atoms with E-state index in [2.05, 4.69) is 5.32 Å². The van der Waals surface area contributed by atoms with Crippen LogP contribution >= 0.6 is 11.8 Å². The summed E-state index contributed by atoms with van der Waals surface area (Å²) in [6.45, 7) is 7.65. The number of β-lactam (4-membered cyclic amide) rings is 1. The van der Waals surface area contributed by atoms with Crippen molar-refractivity contribution in [3.63, 3.8) is 0 Å². The second-order valence-electron chi connectivity index (χ2n) is 9.24. The molecule has 1 N–H and O–H groups in total. The van der Waals surface area contributed by atoms with Gasteiger partial charge in [0.05, 0.1) is 12.3 Å². The lowest BCUT2D eigenvalue weighted by molar-refractivity contribution is -0.160. The van der Waals surface area contributed by atoms with E-state index in [1.165, 1.54) is 46.5 Å². The van der Waals surface area contributed by atoms with E-state index in [-0.39, 0.29) is 30.4 Å². The lowest BCUT2D eigenvalue weighted by Crippen LogP contribution is -2.71. The summed E-state index contributed by atoms with van der Waals surface area (Å²) in [6, 6.07) is 0.338. The zero-order chi connectivity index (χ0) is 27.5. The van der Waals surface area contributed by atoms with Gasteiger partial charge >= 0.3 is 17.9 Å². The highest BCUT2D eigenvalue weighted by atomic mass is 32.2. The molecule has 0 aliphatic carbocycles. The first-order chi connectivity index (χ1) is 17.4. The average Bonchev–Trinajstić information content (AvgIpc) is 3.27. The number of aldehydes is 1. The molecule has 2 aliphatic heterocycles. The minimum Gasteiger partial charge on any atom is -0.464 e. The number of nitrogens with one attached hydrogen (secondary N) is 1. The fourth-order valence-electron chi connectivity index (χ4n) is 3.84. The second-order valence-corrected chi connectivity index (χ2v) is 10.3. The molecule has 0 aromatic carbocycles. The number of hydrogen-bond donors (Lipinski definition) is 1. The Hall–Kier alpha value is -3.61. The van der Waals surface area contributed by atoms with Gasteiger partial charge in [0.1, 0.15) is 29.3 Å².